The first kappa shape index (κ1) is 17.7. The molecule has 1 aromatic rings. The molecule has 1 heterocycles. The molecule has 1 aliphatic heterocycles. The predicted octanol–water partition coefficient (Wildman–Crippen LogP) is 0.709. The third kappa shape index (κ3) is 4.65. The Kier molecular flexibility index (Phi) is 6.19. The molecule has 124 valence electrons. The topological polar surface area (TPSA) is 82.3 Å². The van der Waals surface area contributed by atoms with E-state index in [0.717, 1.165) is 6.54 Å². The maximum Gasteiger partial charge on any atom is 0.240 e. The normalized spacial score (nSPS) is 23.6. The zero-order chi connectivity index (χ0) is 16.2. The summed E-state index contributed by atoms with van der Waals surface area (Å²) in [6, 6.07) is 6.94. The van der Waals surface area contributed by atoms with Crippen molar-refractivity contribution in [3.05, 3.63) is 29.3 Å². The highest BCUT2D eigenvalue weighted by Gasteiger charge is 2.27. The van der Waals surface area contributed by atoms with Crippen LogP contribution in [-0.2, 0) is 10.0 Å². The Morgan fingerprint density at radius 2 is 2.18 bits per heavy atom. The van der Waals surface area contributed by atoms with E-state index in [0.29, 0.717) is 36.1 Å². The van der Waals surface area contributed by atoms with Crippen molar-refractivity contribution < 1.29 is 8.42 Å². The molecule has 0 spiro atoms. The minimum Gasteiger partial charge on any atom is -0.313 e. The van der Waals surface area contributed by atoms with Crippen molar-refractivity contribution in [2.24, 2.45) is 5.92 Å². The van der Waals surface area contributed by atoms with Crippen LogP contribution in [0.25, 0.3) is 0 Å². The number of nitrogens with one attached hydrogen (secondary N) is 4. The van der Waals surface area contributed by atoms with Crippen molar-refractivity contribution in [3.63, 3.8) is 0 Å². The Morgan fingerprint density at radius 1 is 1.41 bits per heavy atom. The molecule has 1 aromatic carbocycles. The average Bonchev–Trinajstić information content (AvgIpc) is 2.90. The Balaban J connectivity index is 1.78. The van der Waals surface area contributed by atoms with Gasteiger partial charge in [-0.25, -0.2) is 13.1 Å². The predicted molar refractivity (Wildman–Crippen MR) is 88.2 cm³/mol. The van der Waals surface area contributed by atoms with E-state index in [4.69, 9.17) is 11.6 Å². The summed E-state index contributed by atoms with van der Waals surface area (Å²) in [6.45, 7) is 6.06. The molecule has 4 N–H and O–H groups in total. The summed E-state index contributed by atoms with van der Waals surface area (Å²) in [6.07, 6.45) is 0. The van der Waals surface area contributed by atoms with Crippen LogP contribution in [0.4, 0.5) is 0 Å². The highest BCUT2D eigenvalue weighted by Crippen LogP contribution is 2.15. The monoisotopic (exact) mass is 346 g/mol. The third-order valence-electron chi connectivity index (χ3n) is 3.94. The summed E-state index contributed by atoms with van der Waals surface area (Å²) >= 11 is 5.82. The van der Waals surface area contributed by atoms with Crippen molar-refractivity contribution in [1.82, 2.24) is 20.9 Å². The molecule has 0 aromatic heterocycles. The Bertz CT molecular complexity index is 596. The van der Waals surface area contributed by atoms with E-state index in [2.05, 4.69) is 34.7 Å². The molecule has 0 amide bonds. The molecule has 0 aliphatic carbocycles. The molecule has 3 atom stereocenters. The summed E-state index contributed by atoms with van der Waals surface area (Å²) in [5.41, 5.74) is 6.31. The van der Waals surface area contributed by atoms with Crippen LogP contribution in [0.2, 0.25) is 5.02 Å². The first-order valence-corrected chi connectivity index (χ1v) is 9.23. The molecule has 1 aliphatic rings. The second kappa shape index (κ2) is 7.72. The number of halogens is 1. The van der Waals surface area contributed by atoms with Gasteiger partial charge in [-0.05, 0) is 32.0 Å². The number of rotatable bonds is 7. The number of hydrogen-bond donors (Lipinski definition) is 4. The second-order valence-corrected chi connectivity index (χ2v) is 7.78. The van der Waals surface area contributed by atoms with Crippen LogP contribution >= 0.6 is 11.6 Å². The first-order valence-electron chi connectivity index (χ1n) is 7.37. The Labute approximate surface area is 137 Å². The second-order valence-electron chi connectivity index (χ2n) is 5.58. The molecule has 8 heteroatoms. The standard InChI is InChI=1S/C14H23ClN4O2S/c1-10(14-9-17-19-11(14)2)16-6-7-18-22(20,21)13-5-3-4-12(15)8-13/h3-5,8,10-11,14,16-19H,6-7,9H2,1-2H3. The third-order valence-corrected chi connectivity index (χ3v) is 5.64. The van der Waals surface area contributed by atoms with Crippen LogP contribution in [0.15, 0.2) is 29.2 Å². The highest BCUT2D eigenvalue weighted by molar-refractivity contribution is 7.89. The van der Waals surface area contributed by atoms with Crippen LogP contribution < -0.4 is 20.9 Å². The molecule has 1 fully saturated rings. The van der Waals surface area contributed by atoms with Crippen molar-refractivity contribution in [3.8, 4) is 0 Å². The fraction of sp³-hybridized carbons (Fsp3) is 0.571. The van der Waals surface area contributed by atoms with Crippen molar-refractivity contribution in [2.75, 3.05) is 19.6 Å². The van der Waals surface area contributed by atoms with Crippen LogP contribution in [0.1, 0.15) is 13.8 Å². The van der Waals surface area contributed by atoms with Gasteiger partial charge < -0.3 is 5.32 Å². The number of hydrogen-bond acceptors (Lipinski definition) is 5. The van der Waals surface area contributed by atoms with Gasteiger partial charge in [0.2, 0.25) is 10.0 Å². The van der Waals surface area contributed by atoms with Gasteiger partial charge >= 0.3 is 0 Å². The summed E-state index contributed by atoms with van der Waals surface area (Å²) in [4.78, 5) is 0.186. The van der Waals surface area contributed by atoms with Gasteiger partial charge in [-0.1, -0.05) is 17.7 Å². The van der Waals surface area contributed by atoms with E-state index in [1.165, 1.54) is 12.1 Å². The minimum atomic E-state index is -3.51. The van der Waals surface area contributed by atoms with Gasteiger partial charge in [0.05, 0.1) is 4.90 Å². The summed E-state index contributed by atoms with van der Waals surface area (Å²) in [7, 11) is -3.51. The lowest BCUT2D eigenvalue weighted by Crippen LogP contribution is -2.43. The average molecular weight is 347 g/mol. The number of hydrazine groups is 1. The van der Waals surface area contributed by atoms with Crippen LogP contribution in [0, 0.1) is 5.92 Å². The minimum absolute atomic E-state index is 0.186. The molecule has 0 saturated carbocycles. The van der Waals surface area contributed by atoms with Crippen LogP contribution in [-0.4, -0.2) is 40.1 Å². The molecule has 6 nitrogen and oxygen atoms in total. The SMILES string of the molecule is CC(NCCNS(=O)(=O)c1cccc(Cl)c1)C1CNNC1C. The number of benzene rings is 1. The van der Waals surface area contributed by atoms with Gasteiger partial charge in [-0.3, -0.25) is 10.9 Å². The molecule has 3 unspecified atom stereocenters. The van der Waals surface area contributed by atoms with E-state index in [9.17, 15) is 8.42 Å². The summed E-state index contributed by atoms with van der Waals surface area (Å²) in [5.74, 6) is 0.476. The maximum absolute atomic E-state index is 12.1. The molecule has 2 rings (SSSR count). The van der Waals surface area contributed by atoms with Gasteiger partial charge in [0.25, 0.3) is 0 Å². The van der Waals surface area contributed by atoms with Crippen molar-refractivity contribution in [1.29, 1.82) is 0 Å². The Hall–Kier alpha value is -0.700. The lowest BCUT2D eigenvalue weighted by Gasteiger charge is -2.23. The van der Waals surface area contributed by atoms with Gasteiger partial charge in [-0.15, -0.1) is 0 Å². The van der Waals surface area contributed by atoms with E-state index in [1.807, 2.05) is 0 Å². The Morgan fingerprint density at radius 3 is 2.82 bits per heavy atom. The zero-order valence-electron chi connectivity index (χ0n) is 12.8. The lowest BCUT2D eigenvalue weighted by atomic mass is 9.96. The summed E-state index contributed by atoms with van der Waals surface area (Å²) in [5, 5.41) is 3.76. The molecule has 0 bridgehead atoms. The van der Waals surface area contributed by atoms with Crippen molar-refractivity contribution in [2.45, 2.75) is 30.8 Å². The fourth-order valence-electron chi connectivity index (χ4n) is 2.59. The van der Waals surface area contributed by atoms with Crippen molar-refractivity contribution >= 4 is 21.6 Å². The highest BCUT2D eigenvalue weighted by atomic mass is 35.5. The largest absolute Gasteiger partial charge is 0.313 e. The van der Waals surface area contributed by atoms with Crippen LogP contribution in [0.3, 0.4) is 0 Å². The molecule has 0 radical (unpaired) electrons. The van der Waals surface area contributed by atoms with Gasteiger partial charge in [-0.2, -0.15) is 0 Å². The van der Waals surface area contributed by atoms with Gasteiger partial charge in [0.15, 0.2) is 0 Å². The first-order chi connectivity index (χ1) is 10.4. The fourth-order valence-corrected chi connectivity index (χ4v) is 3.92. The van der Waals surface area contributed by atoms with Gasteiger partial charge in [0, 0.05) is 42.7 Å². The zero-order valence-corrected chi connectivity index (χ0v) is 14.3. The van der Waals surface area contributed by atoms with Crippen LogP contribution in [0.5, 0.6) is 0 Å². The van der Waals surface area contributed by atoms with E-state index in [-0.39, 0.29) is 4.90 Å². The molecule has 22 heavy (non-hydrogen) atoms. The molecular weight excluding hydrogens is 324 g/mol. The number of sulfonamides is 1. The molecule has 1 saturated heterocycles. The summed E-state index contributed by atoms with van der Waals surface area (Å²) < 4.78 is 26.8. The lowest BCUT2D eigenvalue weighted by molar-refractivity contribution is 0.366. The van der Waals surface area contributed by atoms with E-state index >= 15 is 0 Å². The van der Waals surface area contributed by atoms with Gasteiger partial charge in [0.1, 0.15) is 0 Å². The molecular formula is C14H23ClN4O2S. The van der Waals surface area contributed by atoms with E-state index in [1.54, 1.807) is 12.1 Å². The quantitative estimate of drug-likeness (QED) is 0.547. The maximum atomic E-state index is 12.1. The smallest absolute Gasteiger partial charge is 0.240 e. The van der Waals surface area contributed by atoms with E-state index < -0.39 is 10.0 Å².